The van der Waals surface area contributed by atoms with Gasteiger partial charge in [-0.2, -0.15) is 0 Å². The summed E-state index contributed by atoms with van der Waals surface area (Å²) in [4.78, 5) is 16.2. The van der Waals surface area contributed by atoms with E-state index in [4.69, 9.17) is 9.47 Å². The van der Waals surface area contributed by atoms with Crippen molar-refractivity contribution in [1.82, 2.24) is 4.98 Å². The third-order valence-electron chi connectivity index (χ3n) is 2.95. The molecule has 1 heterocycles. The number of carbonyl (C=O) groups is 1. The van der Waals surface area contributed by atoms with Gasteiger partial charge >= 0.3 is 5.97 Å². The quantitative estimate of drug-likeness (QED) is 0.416. The SMILES string of the molecule is COc1ccc(OC(=O)/C=C/c2nc3ccccc3s2)cc1. The highest BCUT2D eigenvalue weighted by atomic mass is 32.1. The van der Waals surface area contributed by atoms with Crippen LogP contribution >= 0.6 is 11.3 Å². The van der Waals surface area contributed by atoms with Crippen LogP contribution in [0.3, 0.4) is 0 Å². The zero-order valence-corrected chi connectivity index (χ0v) is 12.7. The number of fused-ring (bicyclic) bond motifs is 1. The van der Waals surface area contributed by atoms with Gasteiger partial charge < -0.3 is 9.47 Å². The molecule has 3 aromatic rings. The molecule has 4 nitrogen and oxygen atoms in total. The number of rotatable bonds is 4. The van der Waals surface area contributed by atoms with Crippen LogP contribution in [-0.4, -0.2) is 18.1 Å². The van der Waals surface area contributed by atoms with E-state index in [2.05, 4.69) is 4.98 Å². The molecule has 1 aromatic heterocycles. The Hall–Kier alpha value is -2.66. The topological polar surface area (TPSA) is 48.4 Å². The first-order valence-corrected chi connectivity index (χ1v) is 7.46. The lowest BCUT2D eigenvalue weighted by Crippen LogP contribution is -2.03. The number of benzene rings is 2. The molecule has 0 bridgehead atoms. The van der Waals surface area contributed by atoms with E-state index in [9.17, 15) is 4.79 Å². The van der Waals surface area contributed by atoms with E-state index < -0.39 is 5.97 Å². The molecule has 3 rings (SSSR count). The number of thiazole rings is 1. The minimum absolute atomic E-state index is 0.440. The highest BCUT2D eigenvalue weighted by molar-refractivity contribution is 7.19. The van der Waals surface area contributed by atoms with Crippen LogP contribution in [0.2, 0.25) is 0 Å². The molecule has 0 aliphatic heterocycles. The number of hydrogen-bond acceptors (Lipinski definition) is 5. The molecule has 110 valence electrons. The standard InChI is InChI=1S/C17H13NO3S/c1-20-12-6-8-13(9-7-12)21-17(19)11-10-16-18-14-4-2-3-5-15(14)22-16/h2-11H,1H3/b11-10+. The second kappa shape index (κ2) is 6.41. The van der Waals surface area contributed by atoms with Crippen LogP contribution in [0, 0.1) is 0 Å². The van der Waals surface area contributed by atoms with Crippen LogP contribution in [0.1, 0.15) is 5.01 Å². The minimum atomic E-state index is -0.440. The van der Waals surface area contributed by atoms with Crippen molar-refractivity contribution in [1.29, 1.82) is 0 Å². The lowest BCUT2D eigenvalue weighted by molar-refractivity contribution is -0.128. The summed E-state index contributed by atoms with van der Waals surface area (Å²) in [5, 5.41) is 0.771. The zero-order chi connectivity index (χ0) is 15.4. The Morgan fingerprint density at radius 3 is 2.55 bits per heavy atom. The lowest BCUT2D eigenvalue weighted by atomic mass is 10.3. The van der Waals surface area contributed by atoms with Gasteiger partial charge in [-0.25, -0.2) is 9.78 Å². The molecular weight excluding hydrogens is 298 g/mol. The van der Waals surface area contributed by atoms with Crippen molar-refractivity contribution < 1.29 is 14.3 Å². The first-order chi connectivity index (χ1) is 10.7. The molecule has 0 atom stereocenters. The number of ether oxygens (including phenoxy) is 2. The molecule has 0 spiro atoms. The molecule has 2 aromatic carbocycles. The molecule has 0 N–H and O–H groups in total. The predicted octanol–water partition coefficient (Wildman–Crippen LogP) is 3.92. The van der Waals surface area contributed by atoms with Gasteiger partial charge in [0.15, 0.2) is 0 Å². The Bertz CT molecular complexity index is 788. The Balaban J connectivity index is 1.67. The van der Waals surface area contributed by atoms with Gasteiger partial charge in [-0.3, -0.25) is 0 Å². The predicted molar refractivity (Wildman–Crippen MR) is 87.3 cm³/mol. The third-order valence-corrected chi connectivity index (χ3v) is 3.95. The molecule has 0 saturated heterocycles. The maximum Gasteiger partial charge on any atom is 0.336 e. The third kappa shape index (κ3) is 3.32. The Labute approximate surface area is 131 Å². The maximum atomic E-state index is 11.8. The van der Waals surface area contributed by atoms with E-state index in [1.54, 1.807) is 37.5 Å². The van der Waals surface area contributed by atoms with E-state index in [1.165, 1.54) is 17.4 Å². The van der Waals surface area contributed by atoms with Crippen molar-refractivity contribution in [2.75, 3.05) is 7.11 Å². The second-order valence-electron chi connectivity index (χ2n) is 4.45. The molecule has 5 heteroatoms. The first-order valence-electron chi connectivity index (χ1n) is 6.64. The number of hydrogen-bond donors (Lipinski definition) is 0. The fourth-order valence-corrected chi connectivity index (χ4v) is 2.76. The fourth-order valence-electron chi connectivity index (χ4n) is 1.89. The fraction of sp³-hybridized carbons (Fsp3) is 0.0588. The van der Waals surface area contributed by atoms with Gasteiger partial charge in [0, 0.05) is 6.08 Å². The number of para-hydroxylation sites is 1. The summed E-state index contributed by atoms with van der Waals surface area (Å²) in [5.74, 6) is 0.744. The van der Waals surface area contributed by atoms with Gasteiger partial charge in [0.25, 0.3) is 0 Å². The van der Waals surface area contributed by atoms with E-state index in [-0.39, 0.29) is 0 Å². The van der Waals surface area contributed by atoms with Crippen molar-refractivity contribution in [3.63, 3.8) is 0 Å². The van der Waals surface area contributed by atoms with Crippen LogP contribution in [0.4, 0.5) is 0 Å². The highest BCUT2D eigenvalue weighted by Gasteiger charge is 2.03. The summed E-state index contributed by atoms with van der Waals surface area (Å²) >= 11 is 1.53. The monoisotopic (exact) mass is 311 g/mol. The Morgan fingerprint density at radius 2 is 1.82 bits per heavy atom. The number of aromatic nitrogens is 1. The lowest BCUT2D eigenvalue weighted by Gasteiger charge is -2.02. The first kappa shape index (κ1) is 14.3. The minimum Gasteiger partial charge on any atom is -0.497 e. The molecule has 0 amide bonds. The largest absolute Gasteiger partial charge is 0.497 e. The van der Waals surface area contributed by atoms with Crippen molar-refractivity contribution in [2.45, 2.75) is 0 Å². The molecule has 0 fully saturated rings. The molecular formula is C17H13NO3S. The number of methoxy groups -OCH3 is 1. The maximum absolute atomic E-state index is 11.8. The number of carbonyl (C=O) groups excluding carboxylic acids is 1. The second-order valence-corrected chi connectivity index (χ2v) is 5.51. The van der Waals surface area contributed by atoms with E-state index in [1.807, 2.05) is 24.3 Å². The summed E-state index contributed by atoms with van der Waals surface area (Å²) in [7, 11) is 1.59. The Kier molecular flexibility index (Phi) is 4.16. The van der Waals surface area contributed by atoms with Crippen molar-refractivity contribution in [3.05, 3.63) is 59.6 Å². The highest BCUT2D eigenvalue weighted by Crippen LogP contribution is 2.22. The molecule has 0 radical (unpaired) electrons. The van der Waals surface area contributed by atoms with E-state index in [0.29, 0.717) is 11.5 Å². The van der Waals surface area contributed by atoms with Crippen LogP contribution in [0.15, 0.2) is 54.6 Å². The summed E-state index contributed by atoms with van der Waals surface area (Å²) in [6, 6.07) is 14.7. The summed E-state index contributed by atoms with van der Waals surface area (Å²) < 4.78 is 11.3. The van der Waals surface area contributed by atoms with Crippen LogP contribution in [-0.2, 0) is 4.79 Å². The summed E-state index contributed by atoms with van der Waals surface area (Å²) in [5.41, 5.74) is 0.927. The number of esters is 1. The van der Waals surface area contributed by atoms with Crippen molar-refractivity contribution in [3.8, 4) is 11.5 Å². The van der Waals surface area contributed by atoms with Gasteiger partial charge in [-0.15, -0.1) is 11.3 Å². The van der Waals surface area contributed by atoms with E-state index >= 15 is 0 Å². The van der Waals surface area contributed by atoms with E-state index in [0.717, 1.165) is 15.2 Å². The van der Waals surface area contributed by atoms with Gasteiger partial charge in [0.2, 0.25) is 0 Å². The van der Waals surface area contributed by atoms with Gasteiger partial charge in [0.05, 0.1) is 17.3 Å². The summed E-state index contributed by atoms with van der Waals surface area (Å²) in [6.45, 7) is 0. The molecule has 0 unspecified atom stereocenters. The van der Waals surface area contributed by atoms with Crippen LogP contribution < -0.4 is 9.47 Å². The van der Waals surface area contributed by atoms with Gasteiger partial charge in [0.1, 0.15) is 16.5 Å². The molecule has 0 aliphatic carbocycles. The molecule has 22 heavy (non-hydrogen) atoms. The van der Waals surface area contributed by atoms with Crippen LogP contribution in [0.5, 0.6) is 11.5 Å². The van der Waals surface area contributed by atoms with Gasteiger partial charge in [-0.05, 0) is 42.5 Å². The summed E-state index contributed by atoms with van der Waals surface area (Å²) in [6.07, 6.45) is 3.04. The van der Waals surface area contributed by atoms with Crippen LogP contribution in [0.25, 0.3) is 16.3 Å². The normalized spacial score (nSPS) is 11.0. The average Bonchev–Trinajstić information content (AvgIpc) is 2.96. The average molecular weight is 311 g/mol. The van der Waals surface area contributed by atoms with Gasteiger partial charge in [-0.1, -0.05) is 12.1 Å². The number of nitrogens with zero attached hydrogens (tertiary/aromatic N) is 1. The molecule has 0 aliphatic rings. The molecule has 0 saturated carbocycles. The van der Waals surface area contributed by atoms with Crippen molar-refractivity contribution in [2.24, 2.45) is 0 Å². The zero-order valence-electron chi connectivity index (χ0n) is 11.9. The smallest absolute Gasteiger partial charge is 0.336 e. The van der Waals surface area contributed by atoms with Crippen molar-refractivity contribution >= 4 is 33.6 Å². The Morgan fingerprint density at radius 1 is 1.09 bits per heavy atom.